The van der Waals surface area contributed by atoms with E-state index < -0.39 is 0 Å². The van der Waals surface area contributed by atoms with Gasteiger partial charge in [0.2, 0.25) is 0 Å². The molecule has 2 rings (SSSR count). The Morgan fingerprint density at radius 1 is 1.17 bits per heavy atom. The van der Waals surface area contributed by atoms with E-state index in [1.165, 1.54) is 12.1 Å². The lowest BCUT2D eigenvalue weighted by Crippen LogP contribution is -2.13. The van der Waals surface area contributed by atoms with Crippen molar-refractivity contribution in [3.63, 3.8) is 0 Å². The predicted molar refractivity (Wildman–Crippen MR) is 67.1 cm³/mol. The van der Waals surface area contributed by atoms with Gasteiger partial charge in [-0.1, -0.05) is 0 Å². The normalized spacial score (nSPS) is 12.3. The number of furan rings is 1. The molecular weight excluding hydrogens is 256 g/mol. The third-order valence-electron chi connectivity index (χ3n) is 2.50. The van der Waals surface area contributed by atoms with Gasteiger partial charge in [0.15, 0.2) is 5.22 Å². The van der Waals surface area contributed by atoms with Crippen LogP contribution < -0.4 is 4.74 Å². The van der Waals surface area contributed by atoms with Crippen LogP contribution in [0.3, 0.4) is 0 Å². The number of phenols is 1. The topological polar surface area (TPSA) is 62.8 Å². The van der Waals surface area contributed by atoms with Crippen LogP contribution in [0.2, 0.25) is 5.22 Å². The Bertz CT molecular complexity index is 492. The molecule has 2 aromatic rings. The highest BCUT2D eigenvalue weighted by atomic mass is 35.5. The second-order valence-electron chi connectivity index (χ2n) is 3.83. The molecule has 0 aliphatic heterocycles. The van der Waals surface area contributed by atoms with Crippen LogP contribution in [0.1, 0.15) is 11.7 Å². The van der Waals surface area contributed by atoms with Gasteiger partial charge in [-0.3, -0.25) is 0 Å². The molecule has 1 atom stereocenters. The summed E-state index contributed by atoms with van der Waals surface area (Å²) in [5.74, 6) is 1.11. The first-order chi connectivity index (χ1) is 8.69. The Balaban J connectivity index is 1.97. The number of phenolic OH excluding ortho intramolecular Hbond substituents is 1. The fourth-order valence-corrected chi connectivity index (χ4v) is 1.66. The number of benzene rings is 1. The standard InChI is InChI=1S/C13H13ClO4/c14-13-6-5-12(18-13)9(7-15)8-17-11-3-1-10(16)2-4-11/h1-6,9,15-16H,7-8H2. The molecule has 5 heteroatoms. The van der Waals surface area contributed by atoms with Gasteiger partial charge in [0.05, 0.1) is 12.5 Å². The Morgan fingerprint density at radius 3 is 2.44 bits per heavy atom. The Hall–Kier alpha value is -1.65. The highest BCUT2D eigenvalue weighted by molar-refractivity contribution is 6.28. The van der Waals surface area contributed by atoms with E-state index in [0.717, 1.165) is 0 Å². The monoisotopic (exact) mass is 268 g/mol. The van der Waals surface area contributed by atoms with Crippen molar-refractivity contribution in [1.82, 2.24) is 0 Å². The van der Waals surface area contributed by atoms with Crippen LogP contribution in [0.4, 0.5) is 0 Å². The van der Waals surface area contributed by atoms with Crippen molar-refractivity contribution in [2.75, 3.05) is 13.2 Å². The summed E-state index contributed by atoms with van der Waals surface area (Å²) >= 11 is 5.68. The number of aromatic hydroxyl groups is 1. The Kier molecular flexibility index (Phi) is 4.12. The van der Waals surface area contributed by atoms with Crippen LogP contribution in [-0.2, 0) is 0 Å². The highest BCUT2D eigenvalue weighted by Gasteiger charge is 2.15. The van der Waals surface area contributed by atoms with Crippen LogP contribution in [0, 0.1) is 0 Å². The fourth-order valence-electron chi connectivity index (χ4n) is 1.51. The molecule has 18 heavy (non-hydrogen) atoms. The van der Waals surface area contributed by atoms with Gasteiger partial charge in [-0.25, -0.2) is 0 Å². The SMILES string of the molecule is OCC(COc1ccc(O)cc1)c1ccc(Cl)o1. The summed E-state index contributed by atoms with van der Waals surface area (Å²) in [6.45, 7) is 0.174. The quantitative estimate of drug-likeness (QED) is 0.875. The Morgan fingerprint density at radius 2 is 1.89 bits per heavy atom. The summed E-state index contributed by atoms with van der Waals surface area (Å²) in [6.07, 6.45) is 0. The zero-order chi connectivity index (χ0) is 13.0. The second-order valence-corrected chi connectivity index (χ2v) is 4.20. The summed E-state index contributed by atoms with van der Waals surface area (Å²) in [7, 11) is 0. The smallest absolute Gasteiger partial charge is 0.193 e. The molecule has 4 nitrogen and oxygen atoms in total. The molecule has 0 bridgehead atoms. The summed E-state index contributed by atoms with van der Waals surface area (Å²) in [5, 5.41) is 18.7. The largest absolute Gasteiger partial charge is 0.508 e. The molecule has 0 aliphatic carbocycles. The summed E-state index contributed by atoms with van der Waals surface area (Å²) in [4.78, 5) is 0. The van der Waals surface area contributed by atoms with E-state index in [1.54, 1.807) is 24.3 Å². The molecule has 1 heterocycles. The molecule has 96 valence electrons. The lowest BCUT2D eigenvalue weighted by molar-refractivity contribution is 0.190. The first-order valence-electron chi connectivity index (χ1n) is 5.47. The highest BCUT2D eigenvalue weighted by Crippen LogP contribution is 2.23. The van der Waals surface area contributed by atoms with E-state index >= 15 is 0 Å². The third-order valence-corrected chi connectivity index (χ3v) is 2.71. The maximum absolute atomic E-state index is 9.29. The van der Waals surface area contributed by atoms with Crippen molar-refractivity contribution in [2.24, 2.45) is 0 Å². The number of hydrogen-bond acceptors (Lipinski definition) is 4. The number of ether oxygens (including phenoxy) is 1. The minimum absolute atomic E-state index is 0.0953. The molecule has 0 aliphatic rings. The van der Waals surface area contributed by atoms with Crippen LogP contribution in [-0.4, -0.2) is 23.4 Å². The lowest BCUT2D eigenvalue weighted by atomic mass is 10.1. The van der Waals surface area contributed by atoms with Gasteiger partial charge in [-0.15, -0.1) is 0 Å². The molecule has 2 N–H and O–H groups in total. The van der Waals surface area contributed by atoms with Crippen molar-refractivity contribution in [2.45, 2.75) is 5.92 Å². The molecular formula is C13H13ClO4. The van der Waals surface area contributed by atoms with Crippen molar-refractivity contribution in [3.8, 4) is 11.5 Å². The van der Waals surface area contributed by atoms with Crippen molar-refractivity contribution in [3.05, 3.63) is 47.4 Å². The zero-order valence-electron chi connectivity index (χ0n) is 9.54. The van der Waals surface area contributed by atoms with Gasteiger partial charge >= 0.3 is 0 Å². The van der Waals surface area contributed by atoms with Gasteiger partial charge in [-0.2, -0.15) is 0 Å². The summed E-state index contributed by atoms with van der Waals surface area (Å²) < 4.78 is 10.7. The van der Waals surface area contributed by atoms with Crippen molar-refractivity contribution in [1.29, 1.82) is 0 Å². The van der Waals surface area contributed by atoms with Crippen molar-refractivity contribution >= 4 is 11.6 Å². The first-order valence-corrected chi connectivity index (χ1v) is 5.85. The van der Waals surface area contributed by atoms with Gasteiger partial charge < -0.3 is 19.4 Å². The lowest BCUT2D eigenvalue weighted by Gasteiger charge is -2.13. The number of aliphatic hydroxyl groups excluding tert-OH is 1. The number of hydrogen-bond donors (Lipinski definition) is 2. The van der Waals surface area contributed by atoms with Crippen LogP contribution in [0.5, 0.6) is 11.5 Å². The predicted octanol–water partition coefficient (Wildman–Crippen LogP) is 2.79. The minimum atomic E-state index is -0.272. The van der Waals surface area contributed by atoms with Crippen LogP contribution in [0.15, 0.2) is 40.8 Å². The average molecular weight is 269 g/mol. The maximum Gasteiger partial charge on any atom is 0.193 e. The van der Waals surface area contributed by atoms with Crippen molar-refractivity contribution < 1.29 is 19.4 Å². The first kappa shape index (κ1) is 12.8. The maximum atomic E-state index is 9.29. The third kappa shape index (κ3) is 3.18. The van der Waals surface area contributed by atoms with Gasteiger partial charge in [0.1, 0.15) is 23.9 Å². The fraction of sp³-hybridized carbons (Fsp3) is 0.231. The van der Waals surface area contributed by atoms with E-state index in [0.29, 0.717) is 11.5 Å². The van der Waals surface area contributed by atoms with Gasteiger partial charge in [0, 0.05) is 0 Å². The Labute approximate surface area is 109 Å². The molecule has 0 radical (unpaired) electrons. The molecule has 1 aromatic heterocycles. The average Bonchev–Trinajstić information content (AvgIpc) is 2.79. The van der Waals surface area contributed by atoms with Crippen LogP contribution in [0.25, 0.3) is 0 Å². The number of halogens is 1. The number of rotatable bonds is 5. The van der Waals surface area contributed by atoms with E-state index in [1.807, 2.05) is 0 Å². The molecule has 0 spiro atoms. The second kappa shape index (κ2) is 5.80. The number of aliphatic hydroxyl groups is 1. The van der Waals surface area contributed by atoms with Gasteiger partial charge in [0.25, 0.3) is 0 Å². The van der Waals surface area contributed by atoms with Gasteiger partial charge in [-0.05, 0) is 48.0 Å². The molecule has 0 saturated heterocycles. The molecule has 0 fully saturated rings. The van der Waals surface area contributed by atoms with E-state index in [4.69, 9.17) is 25.9 Å². The molecule has 1 aromatic carbocycles. The van der Waals surface area contributed by atoms with E-state index in [9.17, 15) is 5.11 Å². The zero-order valence-corrected chi connectivity index (χ0v) is 10.3. The molecule has 1 unspecified atom stereocenters. The van der Waals surface area contributed by atoms with E-state index in [2.05, 4.69) is 0 Å². The molecule has 0 saturated carbocycles. The molecule has 0 amide bonds. The minimum Gasteiger partial charge on any atom is -0.508 e. The summed E-state index contributed by atoms with van der Waals surface area (Å²) in [5.41, 5.74) is 0. The van der Waals surface area contributed by atoms with Crippen LogP contribution >= 0.6 is 11.6 Å². The summed E-state index contributed by atoms with van der Waals surface area (Å²) in [6, 6.07) is 9.71. The van der Waals surface area contributed by atoms with E-state index in [-0.39, 0.29) is 30.1 Å².